The normalized spacial score (nSPS) is 23.0. The summed E-state index contributed by atoms with van der Waals surface area (Å²) in [5.41, 5.74) is 0.865. The summed E-state index contributed by atoms with van der Waals surface area (Å²) in [6, 6.07) is 5.08. The van der Waals surface area contributed by atoms with Gasteiger partial charge >= 0.3 is 0 Å². The van der Waals surface area contributed by atoms with Gasteiger partial charge in [-0.15, -0.1) is 0 Å². The van der Waals surface area contributed by atoms with Crippen LogP contribution in [-0.4, -0.2) is 33.3 Å². The molecule has 0 aliphatic heterocycles. The van der Waals surface area contributed by atoms with Crippen LogP contribution >= 0.6 is 0 Å². The van der Waals surface area contributed by atoms with Crippen molar-refractivity contribution >= 4 is 10.0 Å². The van der Waals surface area contributed by atoms with Crippen LogP contribution in [0.1, 0.15) is 31.2 Å². The maximum absolute atomic E-state index is 12.4. The minimum absolute atomic E-state index is 0.168. The van der Waals surface area contributed by atoms with Gasteiger partial charge in [-0.3, -0.25) is 0 Å². The first-order chi connectivity index (χ1) is 9.92. The highest BCUT2D eigenvalue weighted by Crippen LogP contribution is 2.26. The molecule has 0 aromatic heterocycles. The third-order valence-electron chi connectivity index (χ3n) is 3.93. The Morgan fingerprint density at radius 1 is 1.38 bits per heavy atom. The summed E-state index contributed by atoms with van der Waals surface area (Å²) >= 11 is 0. The van der Waals surface area contributed by atoms with E-state index in [2.05, 4.69) is 4.72 Å². The number of ether oxygens (including phenoxy) is 1. The number of aliphatic hydroxyl groups is 1. The van der Waals surface area contributed by atoms with Crippen molar-refractivity contribution in [2.24, 2.45) is 5.92 Å². The molecule has 0 radical (unpaired) electrons. The SMILES string of the molecule is COc1ccc(C)cc1S(=O)(=O)NCC1CCCC(O)C1. The maximum Gasteiger partial charge on any atom is 0.244 e. The van der Waals surface area contributed by atoms with Crippen molar-refractivity contribution in [2.45, 2.75) is 43.6 Å². The van der Waals surface area contributed by atoms with Gasteiger partial charge in [0.1, 0.15) is 10.6 Å². The molecule has 6 heteroatoms. The predicted molar refractivity (Wildman–Crippen MR) is 80.9 cm³/mol. The molecule has 118 valence electrons. The van der Waals surface area contributed by atoms with Crippen LogP contribution in [0.15, 0.2) is 23.1 Å². The molecule has 2 N–H and O–H groups in total. The summed E-state index contributed by atoms with van der Waals surface area (Å²) in [5.74, 6) is 0.538. The molecule has 0 saturated heterocycles. The van der Waals surface area contributed by atoms with E-state index in [1.807, 2.05) is 13.0 Å². The van der Waals surface area contributed by atoms with Gasteiger partial charge in [-0.05, 0) is 49.8 Å². The number of benzene rings is 1. The van der Waals surface area contributed by atoms with Gasteiger partial charge in [0.05, 0.1) is 13.2 Å². The lowest BCUT2D eigenvalue weighted by atomic mass is 9.87. The standard InChI is InChI=1S/C15H23NO4S/c1-11-6-7-14(20-2)15(8-11)21(18,19)16-10-12-4-3-5-13(17)9-12/h6-8,12-13,16-17H,3-5,9-10H2,1-2H3. The van der Waals surface area contributed by atoms with Gasteiger partial charge in [0.2, 0.25) is 10.0 Å². The Hall–Kier alpha value is -1.11. The van der Waals surface area contributed by atoms with Crippen molar-refractivity contribution < 1.29 is 18.3 Å². The summed E-state index contributed by atoms with van der Waals surface area (Å²) in [6.07, 6.45) is 3.07. The molecule has 1 fully saturated rings. The number of nitrogens with one attached hydrogen (secondary N) is 1. The first kappa shape index (κ1) is 16.3. The smallest absolute Gasteiger partial charge is 0.244 e. The molecule has 0 bridgehead atoms. The summed E-state index contributed by atoms with van der Waals surface area (Å²) in [5, 5.41) is 9.65. The number of hydrogen-bond donors (Lipinski definition) is 2. The van der Waals surface area contributed by atoms with Gasteiger partial charge in [0.25, 0.3) is 0 Å². The van der Waals surface area contributed by atoms with Crippen LogP contribution in [0.4, 0.5) is 0 Å². The van der Waals surface area contributed by atoms with Crippen molar-refractivity contribution in [3.63, 3.8) is 0 Å². The minimum Gasteiger partial charge on any atom is -0.495 e. The van der Waals surface area contributed by atoms with Crippen molar-refractivity contribution in [1.29, 1.82) is 0 Å². The zero-order chi connectivity index (χ0) is 15.5. The van der Waals surface area contributed by atoms with Gasteiger partial charge in [0.15, 0.2) is 0 Å². The number of sulfonamides is 1. The second-order valence-corrected chi connectivity index (χ2v) is 7.43. The molecule has 2 rings (SSSR count). The number of aryl methyl sites for hydroxylation is 1. The van der Waals surface area contributed by atoms with E-state index in [1.165, 1.54) is 7.11 Å². The second kappa shape index (κ2) is 6.77. The van der Waals surface area contributed by atoms with Gasteiger partial charge in [-0.25, -0.2) is 13.1 Å². The second-order valence-electron chi connectivity index (χ2n) is 5.69. The minimum atomic E-state index is -3.60. The molecule has 1 aromatic rings. The summed E-state index contributed by atoms with van der Waals surface area (Å²) in [6.45, 7) is 2.20. The van der Waals surface area contributed by atoms with E-state index in [-0.39, 0.29) is 16.9 Å². The molecule has 2 unspecified atom stereocenters. The van der Waals surface area contributed by atoms with Crippen molar-refractivity contribution in [2.75, 3.05) is 13.7 Å². The largest absolute Gasteiger partial charge is 0.495 e. The Morgan fingerprint density at radius 3 is 2.81 bits per heavy atom. The van der Waals surface area contributed by atoms with Crippen LogP contribution in [0, 0.1) is 12.8 Å². The molecule has 1 saturated carbocycles. The Labute approximate surface area is 126 Å². The van der Waals surface area contributed by atoms with Crippen LogP contribution in [0.5, 0.6) is 5.75 Å². The van der Waals surface area contributed by atoms with Gasteiger partial charge in [0, 0.05) is 6.54 Å². The highest BCUT2D eigenvalue weighted by Gasteiger charge is 2.24. The van der Waals surface area contributed by atoms with E-state index in [0.717, 1.165) is 24.8 Å². The first-order valence-corrected chi connectivity index (χ1v) is 8.73. The number of rotatable bonds is 5. The molecule has 5 nitrogen and oxygen atoms in total. The fraction of sp³-hybridized carbons (Fsp3) is 0.600. The zero-order valence-corrected chi connectivity index (χ0v) is 13.3. The molecule has 1 aromatic carbocycles. The van der Waals surface area contributed by atoms with Crippen molar-refractivity contribution in [3.8, 4) is 5.75 Å². The van der Waals surface area contributed by atoms with Gasteiger partial charge in [-0.1, -0.05) is 12.5 Å². The topological polar surface area (TPSA) is 75.6 Å². The molecular formula is C15H23NO4S. The highest BCUT2D eigenvalue weighted by atomic mass is 32.2. The zero-order valence-electron chi connectivity index (χ0n) is 12.5. The lowest BCUT2D eigenvalue weighted by Crippen LogP contribution is -2.33. The Balaban J connectivity index is 2.09. The molecule has 1 aliphatic rings. The van der Waals surface area contributed by atoms with Crippen LogP contribution in [-0.2, 0) is 10.0 Å². The van der Waals surface area contributed by atoms with Gasteiger partial charge in [-0.2, -0.15) is 0 Å². The molecular weight excluding hydrogens is 290 g/mol. The van der Waals surface area contributed by atoms with Gasteiger partial charge < -0.3 is 9.84 Å². The van der Waals surface area contributed by atoms with Crippen LogP contribution in [0.2, 0.25) is 0 Å². The average molecular weight is 313 g/mol. The molecule has 21 heavy (non-hydrogen) atoms. The third kappa shape index (κ3) is 4.18. The summed E-state index contributed by atoms with van der Waals surface area (Å²) < 4.78 is 32.7. The van der Waals surface area contributed by atoms with E-state index in [0.29, 0.717) is 18.7 Å². The molecule has 0 spiro atoms. The summed E-state index contributed by atoms with van der Waals surface area (Å²) in [7, 11) is -2.14. The Bertz CT molecular complexity index is 585. The third-order valence-corrected chi connectivity index (χ3v) is 5.37. The molecule has 0 heterocycles. The van der Waals surface area contributed by atoms with E-state index in [4.69, 9.17) is 4.74 Å². The van der Waals surface area contributed by atoms with Crippen molar-refractivity contribution in [3.05, 3.63) is 23.8 Å². The molecule has 1 aliphatic carbocycles. The number of aliphatic hydroxyl groups excluding tert-OH is 1. The monoisotopic (exact) mass is 313 g/mol. The quantitative estimate of drug-likeness (QED) is 0.869. The predicted octanol–water partition coefficient (Wildman–Crippen LogP) is 1.83. The van der Waals surface area contributed by atoms with Crippen LogP contribution in [0.25, 0.3) is 0 Å². The molecule has 2 atom stereocenters. The van der Waals surface area contributed by atoms with Crippen molar-refractivity contribution in [1.82, 2.24) is 4.72 Å². The number of hydrogen-bond acceptors (Lipinski definition) is 4. The van der Waals surface area contributed by atoms with Crippen LogP contribution in [0.3, 0.4) is 0 Å². The molecule has 0 amide bonds. The van der Waals surface area contributed by atoms with E-state index in [9.17, 15) is 13.5 Å². The van der Waals surface area contributed by atoms with E-state index >= 15 is 0 Å². The lowest BCUT2D eigenvalue weighted by molar-refractivity contribution is 0.102. The fourth-order valence-corrected chi connectivity index (χ4v) is 4.12. The van der Waals surface area contributed by atoms with Crippen LogP contribution < -0.4 is 9.46 Å². The van der Waals surface area contributed by atoms with E-state index in [1.54, 1.807) is 12.1 Å². The number of methoxy groups -OCH3 is 1. The Kier molecular flexibility index (Phi) is 5.24. The maximum atomic E-state index is 12.4. The fourth-order valence-electron chi connectivity index (χ4n) is 2.75. The average Bonchev–Trinajstić information content (AvgIpc) is 2.45. The summed E-state index contributed by atoms with van der Waals surface area (Å²) in [4.78, 5) is 0.168. The first-order valence-electron chi connectivity index (χ1n) is 7.24. The Morgan fingerprint density at radius 2 is 2.14 bits per heavy atom. The lowest BCUT2D eigenvalue weighted by Gasteiger charge is -2.26. The highest BCUT2D eigenvalue weighted by molar-refractivity contribution is 7.89. The van der Waals surface area contributed by atoms with E-state index < -0.39 is 10.0 Å².